The number of hydrogen-bond acceptors (Lipinski definition) is 2. The second-order valence-electron chi connectivity index (χ2n) is 5.37. The average molecular weight is 297 g/mol. The summed E-state index contributed by atoms with van der Waals surface area (Å²) in [6.07, 6.45) is 3.28. The minimum absolute atomic E-state index is 0.551. The van der Waals surface area contributed by atoms with E-state index in [0.29, 0.717) is 5.92 Å². The molecule has 0 saturated heterocycles. The molecule has 0 fully saturated rings. The molecule has 1 aromatic heterocycles. The standard InChI is InChI=1S/C15H17NS.C4H6/c1-11-8-13-14(12-6-4-3-5-7-12)9-16(2)10-15(13)17-11;1-3-4-2/h3-8,14H,9-10H2,1-2H3;3-4H,1-2H2. The maximum Gasteiger partial charge on any atom is 0.0328 e. The van der Waals surface area contributed by atoms with E-state index in [9.17, 15) is 0 Å². The molecular formula is C19H23NS. The molecule has 2 heteroatoms. The maximum absolute atomic E-state index is 3.36. The summed E-state index contributed by atoms with van der Waals surface area (Å²) < 4.78 is 0. The summed E-state index contributed by atoms with van der Waals surface area (Å²) in [7, 11) is 2.22. The summed E-state index contributed by atoms with van der Waals surface area (Å²) in [4.78, 5) is 5.41. The number of thiophene rings is 1. The Kier molecular flexibility index (Phi) is 5.54. The van der Waals surface area contributed by atoms with Crippen LogP contribution in [0.15, 0.2) is 61.7 Å². The van der Waals surface area contributed by atoms with Gasteiger partial charge in [-0.15, -0.1) is 11.3 Å². The van der Waals surface area contributed by atoms with Crippen LogP contribution in [0.25, 0.3) is 0 Å². The molecule has 1 atom stereocenters. The fourth-order valence-electron chi connectivity index (χ4n) is 2.69. The molecule has 0 aliphatic carbocycles. The number of aryl methyl sites for hydroxylation is 1. The van der Waals surface area contributed by atoms with Crippen molar-refractivity contribution in [1.29, 1.82) is 0 Å². The number of benzene rings is 1. The Morgan fingerprint density at radius 2 is 1.86 bits per heavy atom. The Labute approximate surface area is 132 Å². The number of rotatable bonds is 2. The van der Waals surface area contributed by atoms with Crippen LogP contribution < -0.4 is 0 Å². The molecule has 2 aromatic rings. The van der Waals surface area contributed by atoms with E-state index in [0.717, 1.165) is 13.1 Å². The Morgan fingerprint density at radius 3 is 2.48 bits per heavy atom. The van der Waals surface area contributed by atoms with Crippen molar-refractivity contribution in [2.45, 2.75) is 19.4 Å². The third kappa shape index (κ3) is 3.93. The predicted octanol–water partition coefficient (Wildman–Crippen LogP) is 4.99. The van der Waals surface area contributed by atoms with Crippen LogP contribution in [0.4, 0.5) is 0 Å². The first kappa shape index (κ1) is 15.7. The molecule has 110 valence electrons. The van der Waals surface area contributed by atoms with E-state index in [4.69, 9.17) is 0 Å². The topological polar surface area (TPSA) is 3.24 Å². The first-order chi connectivity index (χ1) is 10.2. The van der Waals surface area contributed by atoms with Crippen molar-refractivity contribution in [2.24, 2.45) is 0 Å². The molecule has 1 aliphatic rings. The van der Waals surface area contributed by atoms with Gasteiger partial charge in [0, 0.05) is 28.8 Å². The zero-order chi connectivity index (χ0) is 15.2. The smallest absolute Gasteiger partial charge is 0.0328 e. The van der Waals surface area contributed by atoms with Gasteiger partial charge in [0.05, 0.1) is 0 Å². The van der Waals surface area contributed by atoms with Crippen LogP contribution in [-0.4, -0.2) is 18.5 Å². The molecule has 0 amide bonds. The fraction of sp³-hybridized carbons (Fsp3) is 0.263. The van der Waals surface area contributed by atoms with Crippen LogP contribution in [-0.2, 0) is 6.54 Å². The first-order valence-electron chi connectivity index (χ1n) is 7.21. The molecular weight excluding hydrogens is 274 g/mol. The molecule has 0 bridgehead atoms. The van der Waals surface area contributed by atoms with Gasteiger partial charge in [0.25, 0.3) is 0 Å². The molecule has 1 aliphatic heterocycles. The van der Waals surface area contributed by atoms with Gasteiger partial charge in [0.1, 0.15) is 0 Å². The zero-order valence-electron chi connectivity index (χ0n) is 12.9. The quantitative estimate of drug-likeness (QED) is 0.706. The number of nitrogens with zero attached hydrogens (tertiary/aromatic N) is 1. The highest BCUT2D eigenvalue weighted by Gasteiger charge is 2.26. The highest BCUT2D eigenvalue weighted by Crippen LogP contribution is 2.37. The van der Waals surface area contributed by atoms with Gasteiger partial charge >= 0.3 is 0 Å². The summed E-state index contributed by atoms with van der Waals surface area (Å²) in [5.41, 5.74) is 3.00. The first-order valence-corrected chi connectivity index (χ1v) is 8.03. The van der Waals surface area contributed by atoms with Gasteiger partial charge in [-0.05, 0) is 31.2 Å². The van der Waals surface area contributed by atoms with Crippen LogP contribution in [0, 0.1) is 6.92 Å². The molecule has 1 nitrogen and oxygen atoms in total. The second kappa shape index (κ2) is 7.39. The lowest BCUT2D eigenvalue weighted by molar-refractivity contribution is 0.299. The van der Waals surface area contributed by atoms with Gasteiger partial charge in [-0.2, -0.15) is 0 Å². The molecule has 0 radical (unpaired) electrons. The van der Waals surface area contributed by atoms with Gasteiger partial charge in [-0.1, -0.05) is 55.6 Å². The van der Waals surface area contributed by atoms with Crippen molar-refractivity contribution in [2.75, 3.05) is 13.6 Å². The van der Waals surface area contributed by atoms with Crippen LogP contribution >= 0.6 is 11.3 Å². The second-order valence-corrected chi connectivity index (χ2v) is 6.71. The van der Waals surface area contributed by atoms with Crippen LogP contribution in [0.3, 0.4) is 0 Å². The Balaban J connectivity index is 0.000000361. The van der Waals surface area contributed by atoms with E-state index in [1.54, 1.807) is 22.6 Å². The molecule has 3 rings (SSSR count). The summed E-state index contributed by atoms with van der Waals surface area (Å²) in [5, 5.41) is 0. The number of allylic oxidation sites excluding steroid dienone is 2. The van der Waals surface area contributed by atoms with Crippen LogP contribution in [0.2, 0.25) is 0 Å². The van der Waals surface area contributed by atoms with Crippen molar-refractivity contribution < 1.29 is 0 Å². The summed E-state index contributed by atoms with van der Waals surface area (Å²) >= 11 is 1.95. The SMILES string of the molecule is C=CC=C.Cc1cc2c(s1)CN(C)CC2c1ccccc1. The van der Waals surface area contributed by atoms with E-state index in [-0.39, 0.29) is 0 Å². The largest absolute Gasteiger partial charge is 0.300 e. The van der Waals surface area contributed by atoms with E-state index in [1.165, 1.54) is 10.4 Å². The Hall–Kier alpha value is -1.64. The van der Waals surface area contributed by atoms with Gasteiger partial charge in [0.15, 0.2) is 0 Å². The van der Waals surface area contributed by atoms with E-state index in [1.807, 2.05) is 11.3 Å². The molecule has 1 aromatic carbocycles. The number of hydrogen-bond donors (Lipinski definition) is 0. The van der Waals surface area contributed by atoms with Gasteiger partial charge in [-0.3, -0.25) is 0 Å². The van der Waals surface area contributed by atoms with E-state index >= 15 is 0 Å². The fourth-order valence-corrected chi connectivity index (χ4v) is 3.87. The lowest BCUT2D eigenvalue weighted by Crippen LogP contribution is -2.29. The van der Waals surface area contributed by atoms with Crippen molar-refractivity contribution in [3.8, 4) is 0 Å². The van der Waals surface area contributed by atoms with Crippen molar-refractivity contribution in [3.63, 3.8) is 0 Å². The average Bonchev–Trinajstić information content (AvgIpc) is 2.87. The van der Waals surface area contributed by atoms with Gasteiger partial charge < -0.3 is 4.90 Å². The monoisotopic (exact) mass is 297 g/mol. The van der Waals surface area contributed by atoms with Crippen molar-refractivity contribution in [1.82, 2.24) is 4.90 Å². The van der Waals surface area contributed by atoms with E-state index < -0.39 is 0 Å². The summed E-state index contributed by atoms with van der Waals surface area (Å²) in [6, 6.07) is 13.3. The lowest BCUT2D eigenvalue weighted by Gasteiger charge is -2.30. The molecule has 1 unspecified atom stereocenters. The Bertz CT molecular complexity index is 591. The third-order valence-corrected chi connectivity index (χ3v) is 4.67. The lowest BCUT2D eigenvalue weighted by atomic mass is 9.88. The predicted molar refractivity (Wildman–Crippen MR) is 94.1 cm³/mol. The number of likely N-dealkylation sites (N-methyl/N-ethyl adjacent to an activating group) is 1. The van der Waals surface area contributed by atoms with Crippen LogP contribution in [0.5, 0.6) is 0 Å². The molecule has 2 heterocycles. The van der Waals surface area contributed by atoms with Gasteiger partial charge in [0.2, 0.25) is 0 Å². The van der Waals surface area contributed by atoms with Gasteiger partial charge in [-0.25, -0.2) is 0 Å². The molecule has 21 heavy (non-hydrogen) atoms. The zero-order valence-corrected chi connectivity index (χ0v) is 13.7. The van der Waals surface area contributed by atoms with Crippen molar-refractivity contribution in [3.05, 3.63) is 82.6 Å². The summed E-state index contributed by atoms with van der Waals surface area (Å²) in [5.74, 6) is 0.551. The van der Waals surface area contributed by atoms with E-state index in [2.05, 4.69) is 68.4 Å². The van der Waals surface area contributed by atoms with Crippen LogP contribution in [0.1, 0.15) is 26.8 Å². The molecule has 0 spiro atoms. The summed E-state index contributed by atoms with van der Waals surface area (Å²) in [6.45, 7) is 11.2. The third-order valence-electron chi connectivity index (χ3n) is 3.62. The highest BCUT2D eigenvalue weighted by molar-refractivity contribution is 7.12. The maximum atomic E-state index is 3.36. The number of fused-ring (bicyclic) bond motifs is 1. The molecule has 0 N–H and O–H groups in total. The van der Waals surface area contributed by atoms with Crippen molar-refractivity contribution >= 4 is 11.3 Å². The highest BCUT2D eigenvalue weighted by atomic mass is 32.1. The minimum Gasteiger partial charge on any atom is -0.300 e. The Morgan fingerprint density at radius 1 is 1.19 bits per heavy atom. The minimum atomic E-state index is 0.551. The molecule has 0 saturated carbocycles. The normalized spacial score (nSPS) is 17.3.